The molecule has 2 nitrogen and oxygen atoms in total. The number of rotatable bonds is 3. The summed E-state index contributed by atoms with van der Waals surface area (Å²) in [5.41, 5.74) is -0.285. The van der Waals surface area contributed by atoms with Gasteiger partial charge in [0.1, 0.15) is 0 Å². The first-order valence-corrected chi connectivity index (χ1v) is 4.36. The van der Waals surface area contributed by atoms with Gasteiger partial charge in [0.05, 0.1) is 0 Å². The van der Waals surface area contributed by atoms with Gasteiger partial charge in [0.15, 0.2) is 0 Å². The van der Waals surface area contributed by atoms with Gasteiger partial charge in [0.2, 0.25) is 5.91 Å². The molecule has 0 aromatic carbocycles. The molecule has 0 spiro atoms. The molecule has 3 heteroatoms. The van der Waals surface area contributed by atoms with Gasteiger partial charge in [0, 0.05) is 17.8 Å². The molecule has 0 bridgehead atoms. The van der Waals surface area contributed by atoms with E-state index in [1.54, 1.807) is 0 Å². The van der Waals surface area contributed by atoms with Crippen LogP contribution in [0, 0.1) is 5.41 Å². The highest BCUT2D eigenvalue weighted by molar-refractivity contribution is 6.17. The van der Waals surface area contributed by atoms with E-state index in [4.69, 9.17) is 11.6 Å². The van der Waals surface area contributed by atoms with Crippen LogP contribution in [-0.4, -0.2) is 18.3 Å². The minimum atomic E-state index is -0.285. The van der Waals surface area contributed by atoms with Crippen LogP contribution in [0.15, 0.2) is 0 Å². The van der Waals surface area contributed by atoms with Crippen LogP contribution in [0.3, 0.4) is 0 Å². The fraction of sp³-hybridized carbons (Fsp3) is 0.875. The molecule has 0 atom stereocenters. The molecule has 0 aromatic heterocycles. The summed E-state index contributed by atoms with van der Waals surface area (Å²) in [6, 6.07) is 0. The maximum Gasteiger partial charge on any atom is 0.225 e. The van der Waals surface area contributed by atoms with Crippen molar-refractivity contribution in [3.63, 3.8) is 0 Å². The van der Waals surface area contributed by atoms with Gasteiger partial charge in [-0.05, 0) is 6.42 Å². The molecule has 0 radical (unpaired) electrons. The third kappa shape index (κ3) is 5.08. The average molecular weight is 178 g/mol. The first-order chi connectivity index (χ1) is 4.98. The zero-order chi connectivity index (χ0) is 8.91. The quantitative estimate of drug-likeness (QED) is 0.517. The summed E-state index contributed by atoms with van der Waals surface area (Å²) in [6.07, 6.45) is 0.837. The molecule has 0 saturated heterocycles. The highest BCUT2D eigenvalue weighted by Crippen LogP contribution is 2.11. The van der Waals surface area contributed by atoms with E-state index in [0.717, 1.165) is 6.42 Å². The van der Waals surface area contributed by atoms with Crippen molar-refractivity contribution in [2.45, 2.75) is 27.2 Å². The Hall–Kier alpha value is -0.240. The fourth-order valence-electron chi connectivity index (χ4n) is 0.534. The predicted molar refractivity (Wildman–Crippen MR) is 47.8 cm³/mol. The number of carbonyl (C=O) groups excluding carboxylic acids is 1. The van der Waals surface area contributed by atoms with E-state index >= 15 is 0 Å². The van der Waals surface area contributed by atoms with E-state index in [0.29, 0.717) is 12.4 Å². The molecule has 0 aliphatic rings. The van der Waals surface area contributed by atoms with E-state index in [2.05, 4.69) is 5.32 Å². The van der Waals surface area contributed by atoms with Crippen LogP contribution in [0.2, 0.25) is 0 Å². The van der Waals surface area contributed by atoms with Crippen molar-refractivity contribution in [3.05, 3.63) is 0 Å². The van der Waals surface area contributed by atoms with E-state index in [9.17, 15) is 4.79 Å². The minimum absolute atomic E-state index is 0.0858. The van der Waals surface area contributed by atoms with Crippen LogP contribution in [-0.2, 0) is 4.79 Å². The summed E-state index contributed by atoms with van der Waals surface area (Å²) >= 11 is 5.45. The highest BCUT2D eigenvalue weighted by Gasteiger charge is 2.19. The van der Waals surface area contributed by atoms with E-state index in [1.165, 1.54) is 0 Å². The van der Waals surface area contributed by atoms with E-state index in [1.807, 2.05) is 20.8 Å². The molecular weight excluding hydrogens is 162 g/mol. The third-order valence-corrected chi connectivity index (χ3v) is 1.54. The van der Waals surface area contributed by atoms with Crippen LogP contribution >= 0.6 is 11.6 Å². The summed E-state index contributed by atoms with van der Waals surface area (Å²) < 4.78 is 0. The number of hydrogen-bond donors (Lipinski definition) is 1. The Kier molecular flexibility index (Phi) is 4.50. The Labute approximate surface area is 73.3 Å². The largest absolute Gasteiger partial charge is 0.356 e. The molecule has 1 N–H and O–H groups in total. The second-order valence-corrected chi connectivity index (χ2v) is 3.93. The van der Waals surface area contributed by atoms with Crippen molar-refractivity contribution < 1.29 is 4.79 Å². The van der Waals surface area contributed by atoms with Gasteiger partial charge in [-0.2, -0.15) is 0 Å². The minimum Gasteiger partial charge on any atom is -0.356 e. The number of hydrogen-bond acceptors (Lipinski definition) is 1. The molecular formula is C8H16ClNO. The van der Waals surface area contributed by atoms with Crippen LogP contribution < -0.4 is 5.32 Å². The van der Waals surface area contributed by atoms with Gasteiger partial charge in [-0.3, -0.25) is 4.79 Å². The Bertz CT molecular complexity index is 129. The number of carbonyl (C=O) groups is 1. The summed E-state index contributed by atoms with van der Waals surface area (Å²) in [5.74, 6) is 0.687. The fourth-order valence-corrected chi connectivity index (χ4v) is 0.668. The van der Waals surface area contributed by atoms with Gasteiger partial charge in [-0.15, -0.1) is 11.6 Å². The molecule has 0 rings (SSSR count). The first kappa shape index (κ1) is 10.8. The summed E-state index contributed by atoms with van der Waals surface area (Å²) in [4.78, 5) is 11.2. The highest BCUT2D eigenvalue weighted by atomic mass is 35.5. The van der Waals surface area contributed by atoms with Gasteiger partial charge < -0.3 is 5.32 Å². The third-order valence-electron chi connectivity index (χ3n) is 1.28. The SMILES string of the molecule is CC(C)(C)C(=O)NCCCCl. The molecule has 1 amide bonds. The molecule has 0 heterocycles. The van der Waals surface area contributed by atoms with Crippen LogP contribution in [0.25, 0.3) is 0 Å². The zero-order valence-corrected chi connectivity index (χ0v) is 8.16. The molecule has 0 unspecified atom stereocenters. The lowest BCUT2D eigenvalue weighted by molar-refractivity contribution is -0.128. The lowest BCUT2D eigenvalue weighted by Crippen LogP contribution is -2.35. The maximum atomic E-state index is 11.2. The Balaban J connectivity index is 3.54. The van der Waals surface area contributed by atoms with Gasteiger partial charge in [-0.25, -0.2) is 0 Å². The predicted octanol–water partition coefficient (Wildman–Crippen LogP) is 1.78. The number of alkyl halides is 1. The summed E-state index contributed by atoms with van der Waals surface area (Å²) in [7, 11) is 0. The van der Waals surface area contributed by atoms with Crippen molar-refractivity contribution in [2.24, 2.45) is 5.41 Å². The van der Waals surface area contributed by atoms with Crippen LogP contribution in [0.1, 0.15) is 27.2 Å². The zero-order valence-electron chi connectivity index (χ0n) is 7.41. The van der Waals surface area contributed by atoms with Crippen molar-refractivity contribution in [1.29, 1.82) is 0 Å². The van der Waals surface area contributed by atoms with E-state index in [-0.39, 0.29) is 11.3 Å². The van der Waals surface area contributed by atoms with Crippen molar-refractivity contribution in [2.75, 3.05) is 12.4 Å². The van der Waals surface area contributed by atoms with Crippen molar-refractivity contribution in [1.82, 2.24) is 5.32 Å². The average Bonchev–Trinajstić information content (AvgIpc) is 1.86. The Morgan fingerprint density at radius 3 is 2.36 bits per heavy atom. The van der Waals surface area contributed by atoms with Crippen molar-refractivity contribution >= 4 is 17.5 Å². The first-order valence-electron chi connectivity index (χ1n) is 3.82. The molecule has 0 fully saturated rings. The second-order valence-electron chi connectivity index (χ2n) is 3.55. The number of nitrogens with one attached hydrogen (secondary N) is 1. The van der Waals surface area contributed by atoms with Gasteiger partial charge in [-0.1, -0.05) is 20.8 Å². The molecule has 66 valence electrons. The number of halogens is 1. The number of amides is 1. The molecule has 0 saturated carbocycles. The Morgan fingerprint density at radius 2 is 2.00 bits per heavy atom. The van der Waals surface area contributed by atoms with Crippen molar-refractivity contribution in [3.8, 4) is 0 Å². The Morgan fingerprint density at radius 1 is 1.45 bits per heavy atom. The lowest BCUT2D eigenvalue weighted by atomic mass is 9.96. The standard InChI is InChI=1S/C8H16ClNO/c1-8(2,3)7(11)10-6-4-5-9/h4-6H2,1-3H3,(H,10,11). The van der Waals surface area contributed by atoms with Crippen LogP contribution in [0.5, 0.6) is 0 Å². The van der Waals surface area contributed by atoms with Gasteiger partial charge in [0.25, 0.3) is 0 Å². The monoisotopic (exact) mass is 177 g/mol. The normalized spacial score (nSPS) is 11.3. The maximum absolute atomic E-state index is 11.2. The second kappa shape index (κ2) is 4.60. The smallest absolute Gasteiger partial charge is 0.225 e. The molecule has 0 aliphatic carbocycles. The van der Waals surface area contributed by atoms with Crippen LogP contribution in [0.4, 0.5) is 0 Å². The van der Waals surface area contributed by atoms with E-state index < -0.39 is 0 Å². The molecule has 0 aromatic rings. The lowest BCUT2D eigenvalue weighted by Gasteiger charge is -2.17. The summed E-state index contributed by atoms with van der Waals surface area (Å²) in [6.45, 7) is 6.36. The molecule has 11 heavy (non-hydrogen) atoms. The summed E-state index contributed by atoms with van der Waals surface area (Å²) in [5, 5.41) is 2.80. The van der Waals surface area contributed by atoms with Gasteiger partial charge >= 0.3 is 0 Å². The topological polar surface area (TPSA) is 29.1 Å². The molecule has 0 aliphatic heterocycles.